The fourth-order valence-electron chi connectivity index (χ4n) is 3.55. The number of thioether (sulfide) groups is 2. The molecule has 1 aliphatic rings. The SMILES string of the molecule is O=C(Nc1ccccc1-c1nc2ccccc2[nH]1)c1ccc(C2SCCCS2)cc1. The highest BCUT2D eigenvalue weighted by atomic mass is 32.2. The molecule has 0 spiro atoms. The molecular weight excluding hydrogens is 410 g/mol. The van der Waals surface area contributed by atoms with E-state index in [1.165, 1.54) is 23.5 Å². The molecule has 0 radical (unpaired) electrons. The molecule has 1 aliphatic heterocycles. The third kappa shape index (κ3) is 3.98. The summed E-state index contributed by atoms with van der Waals surface area (Å²) in [5, 5.41) is 3.06. The number of imidazole rings is 1. The Morgan fingerprint density at radius 3 is 2.47 bits per heavy atom. The highest BCUT2D eigenvalue weighted by Gasteiger charge is 2.17. The first-order valence-corrected chi connectivity index (χ1v) is 12.1. The van der Waals surface area contributed by atoms with Crippen LogP contribution < -0.4 is 5.32 Å². The van der Waals surface area contributed by atoms with Crippen molar-refractivity contribution in [1.29, 1.82) is 0 Å². The average molecular weight is 432 g/mol. The van der Waals surface area contributed by atoms with Crippen molar-refractivity contribution in [3.05, 3.63) is 83.9 Å². The van der Waals surface area contributed by atoms with Crippen molar-refractivity contribution in [2.24, 2.45) is 0 Å². The summed E-state index contributed by atoms with van der Waals surface area (Å²) in [5.74, 6) is 3.04. The lowest BCUT2D eigenvalue weighted by Gasteiger charge is -2.21. The zero-order valence-electron chi connectivity index (χ0n) is 16.3. The van der Waals surface area contributed by atoms with Gasteiger partial charge in [0.2, 0.25) is 0 Å². The van der Waals surface area contributed by atoms with Gasteiger partial charge in [-0.25, -0.2) is 4.98 Å². The molecule has 0 aliphatic carbocycles. The van der Waals surface area contributed by atoms with E-state index in [0.717, 1.165) is 28.1 Å². The van der Waals surface area contributed by atoms with E-state index in [1.54, 1.807) is 0 Å². The van der Waals surface area contributed by atoms with Crippen LogP contribution in [0, 0.1) is 0 Å². The molecule has 0 bridgehead atoms. The second-order valence-corrected chi connectivity index (χ2v) is 9.88. The average Bonchev–Trinajstić information content (AvgIpc) is 3.24. The van der Waals surface area contributed by atoms with Crippen LogP contribution in [0.4, 0.5) is 5.69 Å². The Bertz CT molecular complexity index is 1150. The molecule has 1 aromatic heterocycles. The van der Waals surface area contributed by atoms with Crippen molar-refractivity contribution < 1.29 is 4.79 Å². The molecule has 2 heterocycles. The summed E-state index contributed by atoms with van der Waals surface area (Å²) >= 11 is 3.97. The van der Waals surface area contributed by atoms with Crippen LogP contribution in [-0.4, -0.2) is 27.4 Å². The van der Waals surface area contributed by atoms with E-state index in [1.807, 2.05) is 84.2 Å². The molecule has 1 saturated heterocycles. The largest absolute Gasteiger partial charge is 0.338 e. The smallest absolute Gasteiger partial charge is 0.255 e. The van der Waals surface area contributed by atoms with Crippen LogP contribution in [0.1, 0.15) is 26.9 Å². The Kier molecular flexibility index (Phi) is 5.51. The van der Waals surface area contributed by atoms with E-state index in [4.69, 9.17) is 0 Å². The highest BCUT2D eigenvalue weighted by Crippen LogP contribution is 2.43. The van der Waals surface area contributed by atoms with Crippen molar-refractivity contribution in [3.8, 4) is 11.4 Å². The summed E-state index contributed by atoms with van der Waals surface area (Å²) in [6, 6.07) is 23.7. The van der Waals surface area contributed by atoms with Crippen molar-refractivity contribution in [3.63, 3.8) is 0 Å². The number of hydrogen-bond donors (Lipinski definition) is 2. The fourth-order valence-corrected chi connectivity index (χ4v) is 6.44. The first-order valence-electron chi connectivity index (χ1n) is 9.96. The number of H-pyrrole nitrogens is 1. The zero-order chi connectivity index (χ0) is 20.3. The van der Waals surface area contributed by atoms with E-state index in [-0.39, 0.29) is 5.91 Å². The molecule has 6 heteroatoms. The molecular formula is C24H21N3OS2. The van der Waals surface area contributed by atoms with Crippen molar-refractivity contribution in [1.82, 2.24) is 9.97 Å². The van der Waals surface area contributed by atoms with Gasteiger partial charge in [-0.1, -0.05) is 36.4 Å². The van der Waals surface area contributed by atoms with Crippen LogP contribution in [0.5, 0.6) is 0 Å². The Balaban J connectivity index is 1.37. The Hall–Kier alpha value is -2.70. The van der Waals surface area contributed by atoms with Gasteiger partial charge < -0.3 is 10.3 Å². The predicted octanol–water partition coefficient (Wildman–Crippen LogP) is 6.35. The molecule has 3 aromatic carbocycles. The number of anilines is 1. The maximum Gasteiger partial charge on any atom is 0.255 e. The van der Waals surface area contributed by atoms with Crippen LogP contribution >= 0.6 is 23.5 Å². The van der Waals surface area contributed by atoms with Gasteiger partial charge in [0.05, 0.1) is 21.3 Å². The number of fused-ring (bicyclic) bond motifs is 1. The second kappa shape index (κ2) is 8.58. The molecule has 150 valence electrons. The summed E-state index contributed by atoms with van der Waals surface area (Å²) in [5.41, 5.74) is 5.43. The van der Waals surface area contributed by atoms with E-state index in [9.17, 15) is 4.79 Å². The molecule has 5 rings (SSSR count). The standard InChI is InChI=1S/C24H21N3OS2/c28-23(16-10-12-17(13-11-16)24-29-14-5-15-30-24)27-19-7-2-1-6-18(19)22-25-20-8-3-4-9-21(20)26-22/h1-4,6-13,24H,5,14-15H2,(H,25,26)(H,27,28). The number of aromatic nitrogens is 2. The number of benzene rings is 3. The fraction of sp³-hybridized carbons (Fsp3) is 0.167. The van der Waals surface area contributed by atoms with Crippen LogP contribution in [0.25, 0.3) is 22.4 Å². The van der Waals surface area contributed by atoms with Crippen molar-refractivity contribution in [2.45, 2.75) is 11.0 Å². The zero-order valence-corrected chi connectivity index (χ0v) is 17.9. The number of nitrogens with one attached hydrogen (secondary N) is 2. The van der Waals surface area contributed by atoms with E-state index >= 15 is 0 Å². The number of carbonyl (C=O) groups excluding carboxylic acids is 1. The lowest BCUT2D eigenvalue weighted by Crippen LogP contribution is -2.13. The van der Waals surface area contributed by atoms with Crippen LogP contribution in [0.2, 0.25) is 0 Å². The van der Waals surface area contributed by atoms with E-state index in [2.05, 4.69) is 27.4 Å². The van der Waals surface area contributed by atoms with Crippen LogP contribution in [-0.2, 0) is 0 Å². The minimum Gasteiger partial charge on any atom is -0.338 e. The first kappa shape index (κ1) is 19.3. The van der Waals surface area contributed by atoms with Crippen molar-refractivity contribution >= 4 is 46.2 Å². The third-order valence-corrected chi connectivity index (χ3v) is 8.11. The Morgan fingerprint density at radius 2 is 1.67 bits per heavy atom. The topological polar surface area (TPSA) is 57.8 Å². The summed E-state index contributed by atoms with van der Waals surface area (Å²) in [6.07, 6.45) is 1.27. The van der Waals surface area contributed by atoms with Crippen LogP contribution in [0.15, 0.2) is 72.8 Å². The van der Waals surface area contributed by atoms with Gasteiger partial charge >= 0.3 is 0 Å². The minimum atomic E-state index is -0.117. The Labute approximate surface area is 183 Å². The van der Waals surface area contributed by atoms with Gasteiger partial charge in [0.15, 0.2) is 0 Å². The van der Waals surface area contributed by atoms with E-state index in [0.29, 0.717) is 10.1 Å². The maximum absolute atomic E-state index is 12.9. The van der Waals surface area contributed by atoms with Gasteiger partial charge in [0, 0.05) is 11.1 Å². The number of amides is 1. The molecule has 1 amide bonds. The molecule has 0 atom stereocenters. The predicted molar refractivity (Wildman–Crippen MR) is 128 cm³/mol. The summed E-state index contributed by atoms with van der Waals surface area (Å²) in [6.45, 7) is 0. The van der Waals surface area contributed by atoms with Gasteiger partial charge in [-0.15, -0.1) is 23.5 Å². The van der Waals surface area contributed by atoms with Gasteiger partial charge in [0.1, 0.15) is 5.82 Å². The summed E-state index contributed by atoms with van der Waals surface area (Å²) < 4.78 is 0.477. The monoisotopic (exact) mass is 431 g/mol. The quantitative estimate of drug-likeness (QED) is 0.395. The van der Waals surface area contributed by atoms with Crippen LogP contribution in [0.3, 0.4) is 0 Å². The highest BCUT2D eigenvalue weighted by molar-refractivity contribution is 8.16. The number of rotatable bonds is 4. The molecule has 2 N–H and O–H groups in total. The minimum absolute atomic E-state index is 0.117. The second-order valence-electron chi connectivity index (χ2n) is 7.15. The number of carbonyl (C=O) groups is 1. The number of aromatic amines is 1. The lowest BCUT2D eigenvalue weighted by atomic mass is 10.1. The van der Waals surface area contributed by atoms with Gasteiger partial charge in [-0.05, 0) is 59.9 Å². The number of nitrogens with zero attached hydrogens (tertiary/aromatic N) is 1. The summed E-state index contributed by atoms with van der Waals surface area (Å²) in [4.78, 5) is 20.9. The molecule has 0 unspecified atom stereocenters. The maximum atomic E-state index is 12.9. The van der Waals surface area contributed by atoms with Gasteiger partial charge in [0.25, 0.3) is 5.91 Å². The molecule has 0 saturated carbocycles. The third-order valence-electron chi connectivity index (χ3n) is 5.09. The number of hydrogen-bond acceptors (Lipinski definition) is 4. The number of para-hydroxylation sites is 3. The van der Waals surface area contributed by atoms with E-state index < -0.39 is 0 Å². The van der Waals surface area contributed by atoms with Gasteiger partial charge in [-0.2, -0.15) is 0 Å². The Morgan fingerprint density at radius 1 is 0.933 bits per heavy atom. The molecule has 4 aromatic rings. The molecule has 4 nitrogen and oxygen atoms in total. The normalized spacial score (nSPS) is 14.7. The summed E-state index contributed by atoms with van der Waals surface area (Å²) in [7, 11) is 0. The first-order chi connectivity index (χ1) is 14.8. The molecule has 1 fully saturated rings. The molecule has 30 heavy (non-hydrogen) atoms. The lowest BCUT2D eigenvalue weighted by molar-refractivity contribution is 0.102. The van der Waals surface area contributed by atoms with Gasteiger partial charge in [-0.3, -0.25) is 4.79 Å². The van der Waals surface area contributed by atoms with Crippen molar-refractivity contribution in [2.75, 3.05) is 16.8 Å².